The van der Waals surface area contributed by atoms with Gasteiger partial charge in [-0.3, -0.25) is 19.0 Å². The van der Waals surface area contributed by atoms with Crippen molar-refractivity contribution >= 4 is 49.7 Å². The normalized spacial score (nSPS) is 11.0. The summed E-state index contributed by atoms with van der Waals surface area (Å²) in [5.74, 6) is -1.06. The van der Waals surface area contributed by atoms with Crippen LogP contribution in [0.3, 0.4) is 0 Å². The van der Waals surface area contributed by atoms with E-state index in [4.69, 9.17) is 5.73 Å². The average Bonchev–Trinajstić information content (AvgIpc) is 3.33. The lowest BCUT2D eigenvalue weighted by molar-refractivity contribution is -0.116. The minimum absolute atomic E-state index is 0.222. The third-order valence-electron chi connectivity index (χ3n) is 4.88. The van der Waals surface area contributed by atoms with Crippen molar-refractivity contribution in [2.24, 2.45) is 5.73 Å². The molecule has 4 rings (SSSR count). The van der Waals surface area contributed by atoms with E-state index in [2.05, 4.69) is 10.3 Å². The zero-order valence-corrected chi connectivity index (χ0v) is 17.9. The van der Waals surface area contributed by atoms with Crippen molar-refractivity contribution in [3.05, 3.63) is 68.4 Å². The molecule has 0 spiro atoms. The van der Waals surface area contributed by atoms with Crippen LogP contribution in [0.4, 0.5) is 5.00 Å². The van der Waals surface area contributed by atoms with Crippen LogP contribution in [0.1, 0.15) is 21.5 Å². The lowest BCUT2D eigenvalue weighted by Gasteiger charge is -2.08. The van der Waals surface area contributed by atoms with Gasteiger partial charge in [0.2, 0.25) is 5.91 Å². The number of nitrogens with two attached hydrogens (primary N) is 1. The molecule has 4 aromatic rings. The molecule has 9 heteroatoms. The number of aromatic nitrogens is 2. The molecule has 3 heterocycles. The number of aryl methyl sites for hydroxylation is 2. The van der Waals surface area contributed by atoms with E-state index in [9.17, 15) is 14.4 Å². The van der Waals surface area contributed by atoms with E-state index in [0.29, 0.717) is 15.2 Å². The Bertz CT molecular complexity index is 1350. The number of benzene rings is 1. The van der Waals surface area contributed by atoms with Gasteiger partial charge in [0.15, 0.2) is 0 Å². The lowest BCUT2D eigenvalue weighted by atomic mass is 10.0. The fourth-order valence-electron chi connectivity index (χ4n) is 3.12. The first-order valence-electron chi connectivity index (χ1n) is 9.06. The molecule has 0 aliphatic rings. The number of nitrogens with zero attached hydrogens (tertiary/aromatic N) is 2. The first kappa shape index (κ1) is 20.0. The van der Waals surface area contributed by atoms with Crippen LogP contribution in [0.15, 0.2) is 46.1 Å². The number of thiophene rings is 2. The summed E-state index contributed by atoms with van der Waals surface area (Å²) in [6.07, 6.45) is 1.37. The summed E-state index contributed by atoms with van der Waals surface area (Å²) in [6.45, 7) is 3.84. The topological polar surface area (TPSA) is 107 Å². The zero-order chi connectivity index (χ0) is 21.4. The maximum absolute atomic E-state index is 13.1. The number of carbonyl (C=O) groups is 2. The number of carbonyl (C=O) groups excluding carboxylic acids is 2. The quantitative estimate of drug-likeness (QED) is 0.497. The van der Waals surface area contributed by atoms with Gasteiger partial charge in [-0.1, -0.05) is 18.2 Å². The van der Waals surface area contributed by atoms with Gasteiger partial charge in [0.1, 0.15) is 16.4 Å². The molecule has 0 radical (unpaired) electrons. The predicted octanol–water partition coefficient (Wildman–Crippen LogP) is 3.54. The standard InChI is InChI=1S/C21H18N4O3S2/c1-11-3-4-13(7-12(11)2)15-9-30-20-17(15)21(28)25(10-23-20)8-16(26)24-19-14(18(22)27)5-6-29-19/h3-7,9-10H,8H2,1-2H3,(H2,22,27)(H,24,26). The SMILES string of the molecule is Cc1ccc(-c2csc3ncn(CC(=O)Nc4sccc4C(N)=O)c(=O)c23)cc1C. The number of fused-ring (bicyclic) bond motifs is 1. The molecule has 30 heavy (non-hydrogen) atoms. The highest BCUT2D eigenvalue weighted by atomic mass is 32.1. The van der Waals surface area contributed by atoms with Gasteiger partial charge in [0, 0.05) is 10.9 Å². The van der Waals surface area contributed by atoms with Crippen LogP contribution in [0.5, 0.6) is 0 Å². The number of hydrogen-bond donors (Lipinski definition) is 2. The molecular weight excluding hydrogens is 420 g/mol. The van der Waals surface area contributed by atoms with Gasteiger partial charge in [-0.15, -0.1) is 22.7 Å². The highest BCUT2D eigenvalue weighted by Gasteiger charge is 2.17. The Hall–Kier alpha value is -3.30. The van der Waals surface area contributed by atoms with Crippen LogP contribution < -0.4 is 16.6 Å². The molecule has 0 bridgehead atoms. The zero-order valence-electron chi connectivity index (χ0n) is 16.3. The van der Waals surface area contributed by atoms with Crippen molar-refractivity contribution in [2.45, 2.75) is 20.4 Å². The van der Waals surface area contributed by atoms with E-state index in [1.165, 1.54) is 39.1 Å². The Morgan fingerprint density at radius 1 is 1.17 bits per heavy atom. The van der Waals surface area contributed by atoms with Crippen molar-refractivity contribution < 1.29 is 9.59 Å². The Morgan fingerprint density at radius 2 is 1.97 bits per heavy atom. The molecule has 0 aliphatic heterocycles. The van der Waals surface area contributed by atoms with Crippen LogP contribution in [0, 0.1) is 13.8 Å². The van der Waals surface area contributed by atoms with Crippen LogP contribution >= 0.6 is 22.7 Å². The van der Waals surface area contributed by atoms with E-state index in [1.807, 2.05) is 37.4 Å². The summed E-state index contributed by atoms with van der Waals surface area (Å²) >= 11 is 2.59. The Kier molecular flexibility index (Phi) is 5.23. The summed E-state index contributed by atoms with van der Waals surface area (Å²) in [7, 11) is 0. The van der Waals surface area contributed by atoms with E-state index in [1.54, 1.807) is 11.4 Å². The fourth-order valence-corrected chi connectivity index (χ4v) is 4.84. The van der Waals surface area contributed by atoms with Gasteiger partial charge in [-0.2, -0.15) is 0 Å². The Balaban J connectivity index is 1.67. The highest BCUT2D eigenvalue weighted by Crippen LogP contribution is 2.31. The van der Waals surface area contributed by atoms with Crippen molar-refractivity contribution in [1.82, 2.24) is 9.55 Å². The molecule has 3 aromatic heterocycles. The fraction of sp³-hybridized carbons (Fsp3) is 0.143. The summed E-state index contributed by atoms with van der Waals surface area (Å²) in [5, 5.41) is 7.08. The van der Waals surface area contributed by atoms with Crippen molar-refractivity contribution in [3.8, 4) is 11.1 Å². The van der Waals surface area contributed by atoms with Gasteiger partial charge >= 0.3 is 0 Å². The number of hydrogen-bond acceptors (Lipinski definition) is 6. The summed E-state index contributed by atoms with van der Waals surface area (Å²) in [6, 6.07) is 7.59. The molecule has 0 aliphatic carbocycles. The largest absolute Gasteiger partial charge is 0.366 e. The summed E-state index contributed by atoms with van der Waals surface area (Å²) in [5.41, 5.74) is 9.32. The second-order valence-corrected chi connectivity index (χ2v) is 8.66. The van der Waals surface area contributed by atoms with Crippen LogP contribution in [-0.4, -0.2) is 21.4 Å². The van der Waals surface area contributed by atoms with Crippen molar-refractivity contribution in [3.63, 3.8) is 0 Å². The van der Waals surface area contributed by atoms with Gasteiger partial charge in [-0.05, 0) is 42.0 Å². The minimum Gasteiger partial charge on any atom is -0.366 e. The molecule has 7 nitrogen and oxygen atoms in total. The summed E-state index contributed by atoms with van der Waals surface area (Å²) in [4.78, 5) is 42.0. The molecule has 1 aromatic carbocycles. The number of primary amides is 1. The number of anilines is 1. The van der Waals surface area contributed by atoms with Crippen LogP contribution in [-0.2, 0) is 11.3 Å². The maximum atomic E-state index is 13.1. The average molecular weight is 439 g/mol. The predicted molar refractivity (Wildman–Crippen MR) is 120 cm³/mol. The van der Waals surface area contributed by atoms with Crippen molar-refractivity contribution in [1.29, 1.82) is 0 Å². The van der Waals surface area contributed by atoms with Gasteiger partial charge in [0.05, 0.1) is 17.3 Å². The smallest absolute Gasteiger partial charge is 0.263 e. The third-order valence-corrected chi connectivity index (χ3v) is 6.59. The number of amides is 2. The minimum atomic E-state index is -0.622. The first-order chi connectivity index (χ1) is 14.3. The van der Waals surface area contributed by atoms with E-state index < -0.39 is 11.8 Å². The first-order valence-corrected chi connectivity index (χ1v) is 10.8. The van der Waals surface area contributed by atoms with E-state index >= 15 is 0 Å². The number of nitrogens with one attached hydrogen (secondary N) is 1. The van der Waals surface area contributed by atoms with Gasteiger partial charge in [-0.25, -0.2) is 4.98 Å². The van der Waals surface area contributed by atoms with E-state index in [0.717, 1.165) is 16.7 Å². The van der Waals surface area contributed by atoms with Crippen LogP contribution in [0.2, 0.25) is 0 Å². The van der Waals surface area contributed by atoms with Gasteiger partial charge < -0.3 is 11.1 Å². The maximum Gasteiger partial charge on any atom is 0.263 e. The lowest BCUT2D eigenvalue weighted by Crippen LogP contribution is -2.28. The molecule has 0 atom stereocenters. The van der Waals surface area contributed by atoms with Crippen molar-refractivity contribution in [2.75, 3.05) is 5.32 Å². The number of rotatable bonds is 5. The second-order valence-electron chi connectivity index (χ2n) is 6.88. The van der Waals surface area contributed by atoms with Crippen LogP contribution in [0.25, 0.3) is 21.3 Å². The summed E-state index contributed by atoms with van der Waals surface area (Å²) < 4.78 is 1.27. The molecule has 152 valence electrons. The van der Waals surface area contributed by atoms with Gasteiger partial charge in [0.25, 0.3) is 11.5 Å². The third kappa shape index (κ3) is 3.64. The molecule has 2 amide bonds. The molecule has 3 N–H and O–H groups in total. The Labute approximate surface area is 179 Å². The molecule has 0 unspecified atom stereocenters. The highest BCUT2D eigenvalue weighted by molar-refractivity contribution is 7.17. The molecule has 0 saturated heterocycles. The Morgan fingerprint density at radius 3 is 2.70 bits per heavy atom. The second kappa shape index (κ2) is 7.85. The monoisotopic (exact) mass is 438 g/mol. The molecular formula is C21H18N4O3S2. The molecule has 0 fully saturated rings. The van der Waals surface area contributed by atoms with E-state index in [-0.39, 0.29) is 17.7 Å². The molecule has 0 saturated carbocycles.